The normalized spacial score (nSPS) is 17.9. The van der Waals surface area contributed by atoms with Crippen molar-refractivity contribution in [2.75, 3.05) is 20.1 Å². The molecule has 1 aliphatic rings. The minimum absolute atomic E-state index is 0.328. The van der Waals surface area contributed by atoms with E-state index < -0.39 is 0 Å². The average molecular weight is 241 g/mol. The van der Waals surface area contributed by atoms with Gasteiger partial charge in [0.2, 0.25) is 0 Å². The largest absolute Gasteiger partial charge is 0.375 e. The molecule has 1 aromatic carbocycles. The molecule has 1 aliphatic heterocycles. The molecule has 1 heterocycles. The van der Waals surface area contributed by atoms with E-state index >= 15 is 0 Å². The number of hydrogen-bond acceptors (Lipinski definition) is 3. The van der Waals surface area contributed by atoms with Gasteiger partial charge in [-0.25, -0.2) is 0 Å². The molecule has 0 bridgehead atoms. The van der Waals surface area contributed by atoms with Crippen molar-refractivity contribution in [3.05, 3.63) is 48.3 Å². The monoisotopic (exact) mass is 241 g/mol. The molecule has 0 aliphatic carbocycles. The lowest BCUT2D eigenvalue weighted by Crippen LogP contribution is -2.43. The molecule has 0 radical (unpaired) electrons. The number of piperidine rings is 1. The predicted molar refractivity (Wildman–Crippen MR) is 72.7 cm³/mol. The summed E-state index contributed by atoms with van der Waals surface area (Å²) in [5, 5.41) is 12.6. The van der Waals surface area contributed by atoms with Crippen LogP contribution in [0.15, 0.2) is 42.7 Å². The lowest BCUT2D eigenvalue weighted by Gasteiger charge is -2.39. The molecule has 0 amide bonds. The molecule has 3 nitrogen and oxygen atoms in total. The fourth-order valence-corrected chi connectivity index (χ4v) is 2.54. The smallest absolute Gasteiger partial charge is 0.0936 e. The van der Waals surface area contributed by atoms with Gasteiger partial charge in [-0.3, -0.25) is 0 Å². The molecule has 1 saturated heterocycles. The average Bonchev–Trinajstić information content (AvgIpc) is 2.47. The highest BCUT2D eigenvalue weighted by atomic mass is 15.2. The number of nitrogens with one attached hydrogen (secondary N) is 1. The summed E-state index contributed by atoms with van der Waals surface area (Å²) in [4.78, 5) is 2.21. The summed E-state index contributed by atoms with van der Waals surface area (Å²) in [6.45, 7) is 5.73. The van der Waals surface area contributed by atoms with Gasteiger partial charge >= 0.3 is 0 Å². The van der Waals surface area contributed by atoms with Gasteiger partial charge in [-0.2, -0.15) is 5.26 Å². The van der Waals surface area contributed by atoms with E-state index in [1.807, 2.05) is 25.2 Å². The van der Waals surface area contributed by atoms with Gasteiger partial charge < -0.3 is 10.2 Å². The number of rotatable bonds is 3. The van der Waals surface area contributed by atoms with Crippen LogP contribution in [0.4, 0.5) is 0 Å². The summed E-state index contributed by atoms with van der Waals surface area (Å²) in [6.07, 6.45) is 1.71. The Balaban J connectivity index is 2.15. The first-order valence-corrected chi connectivity index (χ1v) is 6.30. The van der Waals surface area contributed by atoms with Crippen LogP contribution in [0.2, 0.25) is 0 Å². The summed E-state index contributed by atoms with van der Waals surface area (Å²) in [6, 6.07) is 12.7. The summed E-state index contributed by atoms with van der Waals surface area (Å²) in [5.74, 6) is 0.939. The van der Waals surface area contributed by atoms with E-state index in [-0.39, 0.29) is 5.41 Å². The highest BCUT2D eigenvalue weighted by Gasteiger charge is 2.36. The molecule has 0 unspecified atom stereocenters. The molecule has 18 heavy (non-hydrogen) atoms. The van der Waals surface area contributed by atoms with E-state index in [0.717, 1.165) is 37.3 Å². The summed E-state index contributed by atoms with van der Waals surface area (Å²) in [5.41, 5.74) is 0.813. The van der Waals surface area contributed by atoms with Gasteiger partial charge in [0.15, 0.2) is 0 Å². The van der Waals surface area contributed by atoms with Crippen LogP contribution < -0.4 is 5.32 Å². The Morgan fingerprint density at radius 2 is 1.94 bits per heavy atom. The van der Waals surface area contributed by atoms with Gasteiger partial charge in [0.1, 0.15) is 0 Å². The maximum atomic E-state index is 9.57. The van der Waals surface area contributed by atoms with Crippen molar-refractivity contribution < 1.29 is 0 Å². The molecule has 0 aromatic heterocycles. The van der Waals surface area contributed by atoms with Crippen molar-refractivity contribution in [3.63, 3.8) is 0 Å². The van der Waals surface area contributed by atoms with Crippen LogP contribution in [0.5, 0.6) is 0 Å². The minimum Gasteiger partial charge on any atom is -0.375 e. The number of likely N-dealkylation sites (tertiary alicyclic amines) is 1. The second-order valence-corrected chi connectivity index (χ2v) is 4.74. The van der Waals surface area contributed by atoms with Crippen molar-refractivity contribution in [1.82, 2.24) is 10.2 Å². The van der Waals surface area contributed by atoms with E-state index in [4.69, 9.17) is 0 Å². The first-order valence-electron chi connectivity index (χ1n) is 6.30. The maximum Gasteiger partial charge on any atom is 0.0936 e. The molecular weight excluding hydrogens is 222 g/mol. The molecule has 2 rings (SSSR count). The van der Waals surface area contributed by atoms with E-state index in [2.05, 4.69) is 35.0 Å². The van der Waals surface area contributed by atoms with Crippen molar-refractivity contribution in [2.45, 2.75) is 18.3 Å². The zero-order chi connectivity index (χ0) is 13.0. The third-order valence-corrected chi connectivity index (χ3v) is 3.83. The maximum absolute atomic E-state index is 9.57. The van der Waals surface area contributed by atoms with Crippen molar-refractivity contribution in [3.8, 4) is 6.07 Å². The molecular formula is C15H19N3. The van der Waals surface area contributed by atoms with Gasteiger partial charge in [0.25, 0.3) is 0 Å². The van der Waals surface area contributed by atoms with Crippen molar-refractivity contribution >= 4 is 0 Å². The van der Waals surface area contributed by atoms with E-state index in [9.17, 15) is 5.26 Å². The van der Waals surface area contributed by atoms with Crippen LogP contribution in [0, 0.1) is 11.3 Å². The zero-order valence-electron chi connectivity index (χ0n) is 10.8. The van der Waals surface area contributed by atoms with E-state index in [0.29, 0.717) is 0 Å². The number of hydrogen-bond donors (Lipinski definition) is 1. The number of nitriles is 1. The first kappa shape index (κ1) is 12.5. The topological polar surface area (TPSA) is 39.1 Å². The molecule has 0 saturated carbocycles. The van der Waals surface area contributed by atoms with Crippen LogP contribution in [-0.2, 0) is 5.41 Å². The summed E-state index contributed by atoms with van der Waals surface area (Å²) >= 11 is 0. The first-order chi connectivity index (χ1) is 8.72. The highest BCUT2D eigenvalue weighted by molar-refractivity contribution is 5.33. The highest BCUT2D eigenvalue weighted by Crippen LogP contribution is 2.35. The number of benzene rings is 1. The Kier molecular flexibility index (Phi) is 3.57. The second kappa shape index (κ2) is 5.14. The Labute approximate surface area is 109 Å². The van der Waals surface area contributed by atoms with Crippen molar-refractivity contribution in [2.24, 2.45) is 0 Å². The third-order valence-electron chi connectivity index (χ3n) is 3.83. The van der Waals surface area contributed by atoms with Gasteiger partial charge in [-0.05, 0) is 18.4 Å². The minimum atomic E-state index is -0.328. The van der Waals surface area contributed by atoms with Crippen LogP contribution in [-0.4, -0.2) is 25.0 Å². The predicted octanol–water partition coefficient (Wildman–Crippen LogP) is 2.23. The SMILES string of the molecule is C=C(NC)N1CCC(C#N)(c2ccccc2)CC1. The fraction of sp³-hybridized carbons (Fsp3) is 0.400. The van der Waals surface area contributed by atoms with Gasteiger partial charge in [-0.1, -0.05) is 36.9 Å². The lowest BCUT2D eigenvalue weighted by atomic mass is 9.74. The lowest BCUT2D eigenvalue weighted by molar-refractivity contribution is 0.220. The van der Waals surface area contributed by atoms with Gasteiger partial charge in [0.05, 0.1) is 17.3 Å². The molecule has 1 fully saturated rings. The Morgan fingerprint density at radius 3 is 2.44 bits per heavy atom. The molecule has 1 N–H and O–H groups in total. The Morgan fingerprint density at radius 1 is 1.33 bits per heavy atom. The Bertz CT molecular complexity index is 450. The summed E-state index contributed by atoms with van der Waals surface area (Å²) in [7, 11) is 1.88. The second-order valence-electron chi connectivity index (χ2n) is 4.74. The Hall–Kier alpha value is -1.95. The van der Waals surface area contributed by atoms with Gasteiger partial charge in [0, 0.05) is 20.1 Å². The van der Waals surface area contributed by atoms with Crippen molar-refractivity contribution in [1.29, 1.82) is 5.26 Å². The van der Waals surface area contributed by atoms with Gasteiger partial charge in [-0.15, -0.1) is 0 Å². The van der Waals surface area contributed by atoms with Crippen LogP contribution in [0.25, 0.3) is 0 Å². The molecule has 1 aromatic rings. The quantitative estimate of drug-likeness (QED) is 0.882. The third kappa shape index (κ3) is 2.19. The van der Waals surface area contributed by atoms with Crippen LogP contribution in [0.1, 0.15) is 18.4 Å². The standard InChI is InChI=1S/C15H19N3/c1-13(17-2)18-10-8-15(12-16,9-11-18)14-6-4-3-5-7-14/h3-7,17H,1,8-11H2,2H3. The summed E-state index contributed by atoms with van der Waals surface area (Å²) < 4.78 is 0. The van der Waals surface area contributed by atoms with E-state index in [1.54, 1.807) is 0 Å². The molecule has 0 spiro atoms. The van der Waals surface area contributed by atoms with Crippen LogP contribution >= 0.6 is 0 Å². The molecule has 0 atom stereocenters. The molecule has 94 valence electrons. The van der Waals surface area contributed by atoms with Crippen LogP contribution in [0.3, 0.4) is 0 Å². The zero-order valence-corrected chi connectivity index (χ0v) is 10.8. The fourth-order valence-electron chi connectivity index (χ4n) is 2.54. The van der Waals surface area contributed by atoms with E-state index in [1.165, 1.54) is 0 Å². The number of nitrogens with zero attached hydrogens (tertiary/aromatic N) is 2. The molecule has 3 heteroatoms.